The van der Waals surface area contributed by atoms with Gasteiger partial charge in [0.05, 0.1) is 10.6 Å². The van der Waals surface area contributed by atoms with Crippen LogP contribution in [0.1, 0.15) is 5.56 Å². The van der Waals surface area contributed by atoms with Crippen LogP contribution in [0.2, 0.25) is 0 Å². The number of nitro groups is 1. The average molecular weight is 182 g/mol. The van der Waals surface area contributed by atoms with Gasteiger partial charge >= 0.3 is 0 Å². The van der Waals surface area contributed by atoms with Gasteiger partial charge in [-0.1, -0.05) is 6.07 Å². The molecule has 5 nitrogen and oxygen atoms in total. The van der Waals surface area contributed by atoms with E-state index in [-0.39, 0.29) is 5.69 Å². The van der Waals surface area contributed by atoms with Crippen LogP contribution in [-0.2, 0) is 0 Å². The van der Waals surface area contributed by atoms with Gasteiger partial charge in [0, 0.05) is 18.7 Å². The molecule has 0 heterocycles. The average Bonchev–Trinajstić information content (AvgIpc) is 2.04. The number of nitro benzene ring substituents is 1. The van der Waals surface area contributed by atoms with E-state index in [9.17, 15) is 10.1 Å². The first-order valence-corrected chi connectivity index (χ1v) is 3.70. The number of hydrogen-bond acceptors (Lipinski definition) is 4. The van der Waals surface area contributed by atoms with E-state index in [0.717, 1.165) is 5.06 Å². The molecule has 0 radical (unpaired) electrons. The van der Waals surface area contributed by atoms with Crippen molar-refractivity contribution < 1.29 is 10.1 Å². The fraction of sp³-hybridized carbons (Fsp3) is 0.250. The zero-order chi connectivity index (χ0) is 10.0. The molecule has 1 N–H and O–H groups in total. The predicted molar refractivity (Wildman–Crippen MR) is 48.0 cm³/mol. The number of anilines is 1. The molecule has 0 unspecified atom stereocenters. The number of rotatable bonds is 2. The molecule has 0 spiro atoms. The van der Waals surface area contributed by atoms with Gasteiger partial charge < -0.3 is 0 Å². The highest BCUT2D eigenvalue weighted by atomic mass is 16.6. The molecule has 0 saturated carbocycles. The molecule has 0 saturated heterocycles. The van der Waals surface area contributed by atoms with E-state index < -0.39 is 4.92 Å². The lowest BCUT2D eigenvalue weighted by atomic mass is 10.2. The summed E-state index contributed by atoms with van der Waals surface area (Å²) in [4.78, 5) is 10.0. The molecule has 1 aromatic carbocycles. The lowest BCUT2D eigenvalue weighted by molar-refractivity contribution is -0.385. The van der Waals surface area contributed by atoms with Crippen molar-refractivity contribution in [3.8, 4) is 0 Å². The van der Waals surface area contributed by atoms with E-state index >= 15 is 0 Å². The van der Waals surface area contributed by atoms with E-state index in [1.165, 1.54) is 13.1 Å². The summed E-state index contributed by atoms with van der Waals surface area (Å²) < 4.78 is 0. The number of benzene rings is 1. The standard InChI is InChI=1S/C8H10N2O3/c1-6-3-4-7(9(2)11)5-8(6)10(12)13/h3-5,11H,1-2H3. The Morgan fingerprint density at radius 2 is 2.15 bits per heavy atom. The zero-order valence-corrected chi connectivity index (χ0v) is 7.39. The summed E-state index contributed by atoms with van der Waals surface area (Å²) >= 11 is 0. The van der Waals surface area contributed by atoms with E-state index in [1.54, 1.807) is 19.1 Å². The summed E-state index contributed by atoms with van der Waals surface area (Å²) in [6.45, 7) is 1.65. The van der Waals surface area contributed by atoms with Gasteiger partial charge in [-0.3, -0.25) is 20.4 Å². The first kappa shape index (κ1) is 9.47. The molecule has 1 aromatic rings. The van der Waals surface area contributed by atoms with Crippen LogP contribution in [-0.4, -0.2) is 17.2 Å². The predicted octanol–water partition coefficient (Wildman–Crippen LogP) is 1.73. The Hall–Kier alpha value is -1.62. The van der Waals surface area contributed by atoms with E-state index in [4.69, 9.17) is 5.21 Å². The van der Waals surface area contributed by atoms with Crippen molar-refractivity contribution in [3.05, 3.63) is 33.9 Å². The highest BCUT2D eigenvalue weighted by Crippen LogP contribution is 2.23. The first-order valence-electron chi connectivity index (χ1n) is 3.70. The molecular weight excluding hydrogens is 172 g/mol. The minimum Gasteiger partial charge on any atom is -0.289 e. The van der Waals surface area contributed by atoms with Gasteiger partial charge in [0.25, 0.3) is 5.69 Å². The molecule has 1 rings (SSSR count). The minimum absolute atomic E-state index is 0.0124. The number of hydrogen-bond donors (Lipinski definition) is 1. The molecule has 0 bridgehead atoms. The second kappa shape index (κ2) is 3.40. The molecule has 0 aliphatic rings. The lowest BCUT2D eigenvalue weighted by Crippen LogP contribution is -2.10. The fourth-order valence-electron chi connectivity index (χ4n) is 0.996. The summed E-state index contributed by atoms with van der Waals surface area (Å²) in [6, 6.07) is 4.54. The Labute approximate surface area is 75.3 Å². The van der Waals surface area contributed by atoms with E-state index in [0.29, 0.717) is 11.3 Å². The Balaban J connectivity index is 3.19. The maximum Gasteiger partial charge on any atom is 0.274 e. The van der Waals surface area contributed by atoms with Crippen molar-refractivity contribution in [2.75, 3.05) is 12.1 Å². The highest BCUT2D eigenvalue weighted by Gasteiger charge is 2.11. The number of hydroxylamine groups is 1. The first-order chi connectivity index (χ1) is 6.02. The van der Waals surface area contributed by atoms with Gasteiger partial charge in [-0.15, -0.1) is 0 Å². The zero-order valence-electron chi connectivity index (χ0n) is 7.39. The molecular formula is C8H10N2O3. The Morgan fingerprint density at radius 1 is 1.54 bits per heavy atom. The van der Waals surface area contributed by atoms with Crippen molar-refractivity contribution in [2.24, 2.45) is 0 Å². The van der Waals surface area contributed by atoms with Crippen molar-refractivity contribution in [1.82, 2.24) is 0 Å². The topological polar surface area (TPSA) is 66.6 Å². The van der Waals surface area contributed by atoms with Gasteiger partial charge in [0.1, 0.15) is 0 Å². The third-order valence-electron chi connectivity index (χ3n) is 1.76. The molecule has 0 amide bonds. The van der Waals surface area contributed by atoms with Gasteiger partial charge in [0.15, 0.2) is 0 Å². The molecule has 0 aliphatic carbocycles. The van der Waals surface area contributed by atoms with Crippen LogP contribution in [0.4, 0.5) is 11.4 Å². The van der Waals surface area contributed by atoms with Gasteiger partial charge in [-0.25, -0.2) is 0 Å². The molecule has 0 aromatic heterocycles. The maximum absolute atomic E-state index is 10.5. The largest absolute Gasteiger partial charge is 0.289 e. The molecule has 5 heteroatoms. The van der Waals surface area contributed by atoms with Crippen LogP contribution >= 0.6 is 0 Å². The van der Waals surface area contributed by atoms with Crippen molar-refractivity contribution in [2.45, 2.75) is 6.92 Å². The third kappa shape index (κ3) is 1.94. The summed E-state index contributed by atoms with van der Waals surface area (Å²) in [6.07, 6.45) is 0. The Bertz CT molecular complexity index is 336. The fourth-order valence-corrected chi connectivity index (χ4v) is 0.996. The SMILES string of the molecule is Cc1ccc(N(C)O)cc1[N+](=O)[O-]. The van der Waals surface area contributed by atoms with Crippen molar-refractivity contribution in [3.63, 3.8) is 0 Å². The number of aryl methyl sites for hydroxylation is 1. The Kier molecular flexibility index (Phi) is 2.48. The van der Waals surface area contributed by atoms with Crippen LogP contribution in [0.3, 0.4) is 0 Å². The number of nitrogens with zero attached hydrogens (tertiary/aromatic N) is 2. The van der Waals surface area contributed by atoms with Gasteiger partial charge in [-0.2, -0.15) is 0 Å². The van der Waals surface area contributed by atoms with E-state index in [2.05, 4.69) is 0 Å². The monoisotopic (exact) mass is 182 g/mol. The lowest BCUT2D eigenvalue weighted by Gasteiger charge is -2.09. The molecule has 0 fully saturated rings. The minimum atomic E-state index is -0.470. The molecule has 13 heavy (non-hydrogen) atoms. The highest BCUT2D eigenvalue weighted by molar-refractivity contribution is 5.54. The summed E-state index contributed by atoms with van der Waals surface area (Å²) in [5.74, 6) is 0. The second-order valence-corrected chi connectivity index (χ2v) is 2.75. The molecule has 0 atom stereocenters. The van der Waals surface area contributed by atoms with Gasteiger partial charge in [-0.05, 0) is 13.0 Å². The molecule has 70 valence electrons. The van der Waals surface area contributed by atoms with Crippen molar-refractivity contribution >= 4 is 11.4 Å². The third-order valence-corrected chi connectivity index (χ3v) is 1.76. The van der Waals surface area contributed by atoms with Crippen LogP contribution in [0.25, 0.3) is 0 Å². The quantitative estimate of drug-likeness (QED) is 0.558. The molecule has 0 aliphatic heterocycles. The summed E-state index contributed by atoms with van der Waals surface area (Å²) in [5.41, 5.74) is 0.992. The van der Waals surface area contributed by atoms with Crippen LogP contribution in [0.15, 0.2) is 18.2 Å². The van der Waals surface area contributed by atoms with Crippen LogP contribution < -0.4 is 5.06 Å². The van der Waals surface area contributed by atoms with Gasteiger partial charge in [0.2, 0.25) is 0 Å². The van der Waals surface area contributed by atoms with Crippen LogP contribution in [0.5, 0.6) is 0 Å². The normalized spacial score (nSPS) is 9.77. The van der Waals surface area contributed by atoms with Crippen LogP contribution in [0, 0.1) is 17.0 Å². The summed E-state index contributed by atoms with van der Waals surface area (Å²) in [7, 11) is 1.41. The summed E-state index contributed by atoms with van der Waals surface area (Å²) in [5, 5.41) is 20.4. The smallest absolute Gasteiger partial charge is 0.274 e. The second-order valence-electron chi connectivity index (χ2n) is 2.75. The van der Waals surface area contributed by atoms with E-state index in [1.807, 2.05) is 0 Å². The van der Waals surface area contributed by atoms with Crippen molar-refractivity contribution in [1.29, 1.82) is 0 Å². The Morgan fingerprint density at radius 3 is 2.62 bits per heavy atom. The maximum atomic E-state index is 10.5.